The highest BCUT2D eigenvalue weighted by molar-refractivity contribution is 5.38. The molecule has 0 fully saturated rings. The van der Waals surface area contributed by atoms with Gasteiger partial charge in [0.2, 0.25) is 5.95 Å². The Balaban J connectivity index is 2.03. The first kappa shape index (κ1) is 13.0. The van der Waals surface area contributed by atoms with Crippen LogP contribution in [0, 0.1) is 6.92 Å². The Morgan fingerprint density at radius 3 is 3.05 bits per heavy atom. The van der Waals surface area contributed by atoms with Gasteiger partial charge in [-0.15, -0.1) is 0 Å². The molecule has 104 valence electrons. The summed E-state index contributed by atoms with van der Waals surface area (Å²) in [6, 6.07) is 4.22. The van der Waals surface area contributed by atoms with Gasteiger partial charge in [0, 0.05) is 24.9 Å². The summed E-state index contributed by atoms with van der Waals surface area (Å²) in [5, 5.41) is 3.20. The molecule has 1 N–H and O–H groups in total. The first-order valence-corrected chi connectivity index (χ1v) is 7.30. The predicted molar refractivity (Wildman–Crippen MR) is 80.0 cm³/mol. The summed E-state index contributed by atoms with van der Waals surface area (Å²) >= 11 is 0. The van der Waals surface area contributed by atoms with Crippen LogP contribution >= 0.6 is 0 Å². The maximum atomic E-state index is 4.72. The molecule has 2 heterocycles. The average Bonchev–Trinajstić information content (AvgIpc) is 2.49. The first-order valence-electron chi connectivity index (χ1n) is 7.30. The Hall–Kier alpha value is -1.97. The SMILES string of the molecule is CCNc1ncc(C)c(C2CCCc3cccnc32)n1. The van der Waals surface area contributed by atoms with E-state index in [1.165, 1.54) is 17.7 Å². The van der Waals surface area contributed by atoms with E-state index in [9.17, 15) is 0 Å². The molecule has 1 aliphatic rings. The highest BCUT2D eigenvalue weighted by Crippen LogP contribution is 2.35. The molecule has 0 amide bonds. The van der Waals surface area contributed by atoms with Crippen molar-refractivity contribution in [3.63, 3.8) is 0 Å². The van der Waals surface area contributed by atoms with Crippen LogP contribution in [0.2, 0.25) is 0 Å². The van der Waals surface area contributed by atoms with E-state index in [2.05, 4.69) is 35.2 Å². The van der Waals surface area contributed by atoms with Crippen LogP contribution in [0.15, 0.2) is 24.5 Å². The zero-order valence-electron chi connectivity index (χ0n) is 12.1. The maximum absolute atomic E-state index is 4.72. The number of pyridine rings is 1. The van der Waals surface area contributed by atoms with Crippen molar-refractivity contribution in [3.8, 4) is 0 Å². The molecule has 1 unspecified atom stereocenters. The van der Waals surface area contributed by atoms with E-state index in [-0.39, 0.29) is 0 Å². The smallest absolute Gasteiger partial charge is 0.222 e. The van der Waals surface area contributed by atoms with Gasteiger partial charge in [-0.3, -0.25) is 4.98 Å². The van der Waals surface area contributed by atoms with E-state index in [1.807, 2.05) is 18.5 Å². The van der Waals surface area contributed by atoms with Crippen LogP contribution in [-0.4, -0.2) is 21.5 Å². The third-order valence-electron chi connectivity index (χ3n) is 3.87. The van der Waals surface area contributed by atoms with Gasteiger partial charge in [0.1, 0.15) is 0 Å². The molecule has 3 rings (SSSR count). The van der Waals surface area contributed by atoms with Crippen LogP contribution in [0.25, 0.3) is 0 Å². The van der Waals surface area contributed by atoms with Gasteiger partial charge in [0.05, 0.1) is 11.4 Å². The molecule has 0 radical (unpaired) electrons. The topological polar surface area (TPSA) is 50.7 Å². The monoisotopic (exact) mass is 268 g/mol. The molecule has 1 atom stereocenters. The van der Waals surface area contributed by atoms with Crippen LogP contribution in [0.1, 0.15) is 48.2 Å². The van der Waals surface area contributed by atoms with Crippen molar-refractivity contribution >= 4 is 5.95 Å². The number of hydrogen-bond acceptors (Lipinski definition) is 4. The summed E-state index contributed by atoms with van der Waals surface area (Å²) in [6.45, 7) is 4.98. The molecule has 0 bridgehead atoms. The number of anilines is 1. The standard InChI is InChI=1S/C16H20N4/c1-3-17-16-19-10-11(2)14(20-16)13-8-4-6-12-7-5-9-18-15(12)13/h5,7,9-10,13H,3-4,6,8H2,1-2H3,(H,17,19,20). The quantitative estimate of drug-likeness (QED) is 0.929. The van der Waals surface area contributed by atoms with Crippen molar-refractivity contribution in [1.82, 2.24) is 15.0 Å². The number of rotatable bonds is 3. The fraction of sp³-hybridized carbons (Fsp3) is 0.438. The Morgan fingerprint density at radius 1 is 1.30 bits per heavy atom. The van der Waals surface area contributed by atoms with E-state index in [0.717, 1.165) is 36.6 Å². The molecule has 4 nitrogen and oxygen atoms in total. The average molecular weight is 268 g/mol. The van der Waals surface area contributed by atoms with Gasteiger partial charge in [-0.25, -0.2) is 9.97 Å². The van der Waals surface area contributed by atoms with E-state index < -0.39 is 0 Å². The molecule has 0 aliphatic heterocycles. The number of hydrogen-bond donors (Lipinski definition) is 1. The fourth-order valence-electron chi connectivity index (χ4n) is 2.93. The van der Waals surface area contributed by atoms with Gasteiger partial charge >= 0.3 is 0 Å². The van der Waals surface area contributed by atoms with Crippen molar-refractivity contribution in [2.45, 2.75) is 39.0 Å². The molecular formula is C16H20N4. The summed E-state index contributed by atoms with van der Waals surface area (Å²) in [5.41, 5.74) is 4.83. The van der Waals surface area contributed by atoms with Gasteiger partial charge in [0.15, 0.2) is 0 Å². The molecular weight excluding hydrogens is 248 g/mol. The van der Waals surface area contributed by atoms with Crippen molar-refractivity contribution in [3.05, 3.63) is 47.0 Å². The van der Waals surface area contributed by atoms with Crippen molar-refractivity contribution in [2.75, 3.05) is 11.9 Å². The second-order valence-electron chi connectivity index (χ2n) is 5.28. The number of aryl methyl sites for hydroxylation is 2. The molecule has 0 saturated carbocycles. The van der Waals surface area contributed by atoms with Gasteiger partial charge in [0.25, 0.3) is 0 Å². The molecule has 2 aromatic heterocycles. The summed E-state index contributed by atoms with van der Waals surface area (Å²) in [6.07, 6.45) is 7.25. The van der Waals surface area contributed by atoms with Gasteiger partial charge in [-0.2, -0.15) is 0 Å². The van der Waals surface area contributed by atoms with Gasteiger partial charge < -0.3 is 5.32 Å². The molecule has 1 aliphatic carbocycles. The van der Waals surface area contributed by atoms with E-state index in [1.54, 1.807) is 0 Å². The van der Waals surface area contributed by atoms with Crippen LogP contribution < -0.4 is 5.32 Å². The van der Waals surface area contributed by atoms with Gasteiger partial charge in [-0.05, 0) is 50.3 Å². The Labute approximate surface area is 119 Å². The molecule has 2 aromatic rings. The third-order valence-corrected chi connectivity index (χ3v) is 3.87. The van der Waals surface area contributed by atoms with Crippen LogP contribution in [0.4, 0.5) is 5.95 Å². The molecule has 0 spiro atoms. The zero-order valence-corrected chi connectivity index (χ0v) is 12.1. The highest BCUT2D eigenvalue weighted by atomic mass is 15.1. The van der Waals surface area contributed by atoms with E-state index in [0.29, 0.717) is 5.92 Å². The Kier molecular flexibility index (Phi) is 3.63. The molecule has 4 heteroatoms. The third kappa shape index (κ3) is 2.38. The number of nitrogens with zero attached hydrogens (tertiary/aromatic N) is 3. The normalized spacial score (nSPS) is 17.6. The second-order valence-corrected chi connectivity index (χ2v) is 5.28. The highest BCUT2D eigenvalue weighted by Gasteiger charge is 2.25. The summed E-state index contributed by atoms with van der Waals surface area (Å²) in [4.78, 5) is 13.7. The lowest BCUT2D eigenvalue weighted by Gasteiger charge is -2.25. The van der Waals surface area contributed by atoms with Crippen molar-refractivity contribution in [2.24, 2.45) is 0 Å². The largest absolute Gasteiger partial charge is 0.354 e. The lowest BCUT2D eigenvalue weighted by Crippen LogP contribution is -2.16. The zero-order chi connectivity index (χ0) is 13.9. The minimum Gasteiger partial charge on any atom is -0.354 e. The van der Waals surface area contributed by atoms with Gasteiger partial charge in [-0.1, -0.05) is 6.07 Å². The number of nitrogens with one attached hydrogen (secondary N) is 1. The second kappa shape index (κ2) is 5.57. The van der Waals surface area contributed by atoms with Crippen LogP contribution in [0.5, 0.6) is 0 Å². The fourth-order valence-corrected chi connectivity index (χ4v) is 2.93. The van der Waals surface area contributed by atoms with Crippen LogP contribution in [-0.2, 0) is 6.42 Å². The predicted octanol–water partition coefficient (Wildman–Crippen LogP) is 3.08. The Bertz CT molecular complexity index is 609. The lowest BCUT2D eigenvalue weighted by atomic mass is 9.83. The first-order chi connectivity index (χ1) is 9.79. The molecule has 0 saturated heterocycles. The Morgan fingerprint density at radius 2 is 2.20 bits per heavy atom. The van der Waals surface area contributed by atoms with Crippen molar-refractivity contribution in [1.29, 1.82) is 0 Å². The lowest BCUT2D eigenvalue weighted by molar-refractivity contribution is 0.584. The minimum absolute atomic E-state index is 0.306. The number of aromatic nitrogens is 3. The summed E-state index contributed by atoms with van der Waals surface area (Å²) in [5.74, 6) is 1.02. The summed E-state index contributed by atoms with van der Waals surface area (Å²) in [7, 11) is 0. The maximum Gasteiger partial charge on any atom is 0.222 e. The number of fused-ring (bicyclic) bond motifs is 1. The van der Waals surface area contributed by atoms with Crippen molar-refractivity contribution < 1.29 is 0 Å². The van der Waals surface area contributed by atoms with E-state index >= 15 is 0 Å². The summed E-state index contributed by atoms with van der Waals surface area (Å²) < 4.78 is 0. The van der Waals surface area contributed by atoms with E-state index in [4.69, 9.17) is 4.98 Å². The molecule has 20 heavy (non-hydrogen) atoms. The minimum atomic E-state index is 0.306. The molecule has 0 aromatic carbocycles. The van der Waals surface area contributed by atoms with Crippen LogP contribution in [0.3, 0.4) is 0 Å².